The highest BCUT2D eigenvalue weighted by Crippen LogP contribution is 2.24. The first-order valence-electron chi connectivity index (χ1n) is 8.51. The Balaban J connectivity index is 2.43. The summed E-state index contributed by atoms with van der Waals surface area (Å²) in [5.74, 6) is -0.850. The van der Waals surface area contributed by atoms with Crippen LogP contribution in [0.2, 0.25) is 0 Å². The Morgan fingerprint density at radius 3 is 2.20 bits per heavy atom. The molecule has 0 saturated heterocycles. The number of hydrogen-bond donors (Lipinski definition) is 2. The molecule has 0 amide bonds. The minimum Gasteiger partial charge on any atom is -0.395 e. The molecule has 0 aliphatic rings. The van der Waals surface area contributed by atoms with Crippen molar-refractivity contribution in [1.82, 2.24) is 4.72 Å². The third-order valence-electron chi connectivity index (χ3n) is 3.82. The van der Waals surface area contributed by atoms with E-state index in [1.54, 1.807) is 24.3 Å². The minimum absolute atomic E-state index is 0.0488. The molecule has 0 aromatic heterocycles. The third kappa shape index (κ3) is 6.53. The molecule has 0 atom stereocenters. The quantitative estimate of drug-likeness (QED) is 0.497. The highest BCUT2D eigenvalue weighted by molar-refractivity contribution is 7.89. The van der Waals surface area contributed by atoms with Crippen molar-refractivity contribution in [2.45, 2.75) is 18.0 Å². The van der Waals surface area contributed by atoms with Crippen molar-refractivity contribution in [2.24, 2.45) is 10.7 Å². The summed E-state index contributed by atoms with van der Waals surface area (Å²) in [5, 5.41) is 0. The van der Waals surface area contributed by atoms with Crippen LogP contribution in [0.3, 0.4) is 0 Å². The van der Waals surface area contributed by atoms with Crippen LogP contribution in [0.5, 0.6) is 0 Å². The fraction of sp³-hybridized carbons (Fsp3) is 0.150. The number of halogens is 4. The van der Waals surface area contributed by atoms with Gasteiger partial charge >= 0.3 is 6.18 Å². The van der Waals surface area contributed by atoms with Crippen LogP contribution >= 0.6 is 0 Å². The molecule has 0 fully saturated rings. The van der Waals surface area contributed by atoms with Crippen molar-refractivity contribution >= 4 is 21.4 Å². The van der Waals surface area contributed by atoms with Crippen molar-refractivity contribution < 1.29 is 26.0 Å². The number of hydrogen-bond acceptors (Lipinski definition) is 4. The molecule has 0 aliphatic carbocycles. The van der Waals surface area contributed by atoms with Crippen LogP contribution in [0, 0.1) is 6.92 Å². The molecular formula is C20H19F4N3O2S. The molecule has 30 heavy (non-hydrogen) atoms. The van der Waals surface area contributed by atoms with Gasteiger partial charge in [0.05, 0.1) is 22.8 Å². The lowest BCUT2D eigenvalue weighted by Crippen LogP contribution is -2.24. The highest BCUT2D eigenvalue weighted by Gasteiger charge is 2.31. The van der Waals surface area contributed by atoms with Gasteiger partial charge in [0.1, 0.15) is 11.5 Å². The third-order valence-corrected chi connectivity index (χ3v) is 5.23. The number of sulfonamides is 1. The summed E-state index contributed by atoms with van der Waals surface area (Å²) in [6.07, 6.45) is -4.01. The van der Waals surface area contributed by atoms with Crippen LogP contribution in [0.1, 0.15) is 11.1 Å². The molecule has 0 aliphatic heterocycles. The topological polar surface area (TPSA) is 84.5 Å². The SMILES string of the molecule is C=C(F)CNS(=O)(=O)c1ccc(N=C(/C=C(\N)C(F)(F)F)c2ccc(C)cc2)cc1. The lowest BCUT2D eigenvalue weighted by molar-refractivity contribution is -0.0925. The molecular weight excluding hydrogens is 422 g/mol. The first-order chi connectivity index (χ1) is 13.9. The first-order valence-corrected chi connectivity index (χ1v) is 10.00. The molecule has 0 saturated carbocycles. The molecule has 5 nitrogen and oxygen atoms in total. The number of allylic oxidation sites excluding steroid dienone is 2. The van der Waals surface area contributed by atoms with Gasteiger partial charge < -0.3 is 5.73 Å². The number of benzene rings is 2. The van der Waals surface area contributed by atoms with Crippen molar-refractivity contribution in [1.29, 1.82) is 0 Å². The van der Waals surface area contributed by atoms with E-state index in [4.69, 9.17) is 5.73 Å². The lowest BCUT2D eigenvalue weighted by Gasteiger charge is -2.09. The molecule has 3 N–H and O–H groups in total. The number of rotatable bonds is 7. The Morgan fingerprint density at radius 2 is 1.70 bits per heavy atom. The van der Waals surface area contributed by atoms with E-state index in [1.165, 1.54) is 24.3 Å². The summed E-state index contributed by atoms with van der Waals surface area (Å²) in [6, 6.07) is 11.6. The number of aliphatic imine (C=N–C) groups is 1. The second kappa shape index (κ2) is 9.23. The molecule has 2 aromatic carbocycles. The molecule has 2 aromatic rings. The van der Waals surface area contributed by atoms with Crippen molar-refractivity contribution in [3.05, 3.63) is 83.8 Å². The van der Waals surface area contributed by atoms with E-state index >= 15 is 0 Å². The summed E-state index contributed by atoms with van der Waals surface area (Å²) in [4.78, 5) is 4.02. The molecule has 0 radical (unpaired) electrons. The van der Waals surface area contributed by atoms with Gasteiger partial charge in [-0.25, -0.2) is 22.5 Å². The van der Waals surface area contributed by atoms with Crippen LogP contribution in [-0.4, -0.2) is 26.9 Å². The van der Waals surface area contributed by atoms with Gasteiger partial charge in [-0.2, -0.15) is 13.2 Å². The van der Waals surface area contributed by atoms with Crippen molar-refractivity contribution in [3.63, 3.8) is 0 Å². The Bertz CT molecular complexity index is 1070. The maximum Gasteiger partial charge on any atom is 0.430 e. The zero-order chi connectivity index (χ0) is 22.5. The Morgan fingerprint density at radius 1 is 1.13 bits per heavy atom. The zero-order valence-electron chi connectivity index (χ0n) is 15.9. The molecule has 0 heterocycles. The number of nitrogens with one attached hydrogen (secondary N) is 1. The van der Waals surface area contributed by atoms with E-state index in [2.05, 4.69) is 11.6 Å². The summed E-state index contributed by atoms with van der Waals surface area (Å²) in [7, 11) is -3.98. The monoisotopic (exact) mass is 441 g/mol. The number of alkyl halides is 3. The summed E-state index contributed by atoms with van der Waals surface area (Å²) < 4.78 is 77.5. The lowest BCUT2D eigenvalue weighted by atomic mass is 10.1. The van der Waals surface area contributed by atoms with Crippen LogP contribution in [-0.2, 0) is 10.0 Å². The predicted molar refractivity (Wildman–Crippen MR) is 108 cm³/mol. The van der Waals surface area contributed by atoms with Gasteiger partial charge in [0.15, 0.2) is 0 Å². The van der Waals surface area contributed by atoms with Crippen LogP contribution < -0.4 is 10.5 Å². The molecule has 10 heteroatoms. The Labute approximate surface area is 171 Å². The number of aryl methyl sites for hydroxylation is 1. The van der Waals surface area contributed by atoms with E-state index < -0.39 is 34.3 Å². The van der Waals surface area contributed by atoms with E-state index in [0.29, 0.717) is 11.6 Å². The molecule has 0 spiro atoms. The second-order valence-electron chi connectivity index (χ2n) is 6.30. The van der Waals surface area contributed by atoms with Gasteiger partial charge in [-0.1, -0.05) is 36.4 Å². The average Bonchev–Trinajstić information content (AvgIpc) is 2.66. The van der Waals surface area contributed by atoms with Gasteiger partial charge in [0.25, 0.3) is 0 Å². The highest BCUT2D eigenvalue weighted by atomic mass is 32.2. The molecule has 2 rings (SSSR count). The van der Waals surface area contributed by atoms with Gasteiger partial charge in [-0.05, 0) is 37.3 Å². The fourth-order valence-corrected chi connectivity index (χ4v) is 3.24. The van der Waals surface area contributed by atoms with E-state index in [9.17, 15) is 26.0 Å². The van der Waals surface area contributed by atoms with Gasteiger partial charge in [0.2, 0.25) is 10.0 Å². The standard InChI is InChI=1S/C20H19F4N3O2S/c1-13-3-5-15(6-4-13)18(11-19(25)20(22,23)24)27-16-7-9-17(10-8-16)30(28,29)26-12-14(2)21/h3-11,26H,2,12,25H2,1H3/b19-11-,27-18?. The summed E-state index contributed by atoms with van der Waals surface area (Å²) in [5.41, 5.74) is 5.27. The first kappa shape index (κ1) is 23.3. The van der Waals surface area contributed by atoms with E-state index in [1.807, 2.05) is 11.6 Å². The van der Waals surface area contributed by atoms with E-state index in [0.717, 1.165) is 5.56 Å². The van der Waals surface area contributed by atoms with Crippen LogP contribution in [0.25, 0.3) is 0 Å². The average molecular weight is 441 g/mol. The minimum atomic E-state index is -4.73. The smallest absolute Gasteiger partial charge is 0.395 e. The Kier molecular flexibility index (Phi) is 7.16. The van der Waals surface area contributed by atoms with Crippen molar-refractivity contribution in [2.75, 3.05) is 6.54 Å². The van der Waals surface area contributed by atoms with Crippen molar-refractivity contribution in [3.8, 4) is 0 Å². The summed E-state index contributed by atoms with van der Waals surface area (Å²) >= 11 is 0. The largest absolute Gasteiger partial charge is 0.430 e. The molecule has 0 unspecified atom stereocenters. The molecule has 160 valence electrons. The van der Waals surface area contributed by atoms with Crippen LogP contribution in [0.4, 0.5) is 23.2 Å². The number of nitrogens with zero attached hydrogens (tertiary/aromatic N) is 1. The second-order valence-corrected chi connectivity index (χ2v) is 8.06. The summed E-state index contributed by atoms with van der Waals surface area (Å²) in [6.45, 7) is 4.22. The van der Waals surface area contributed by atoms with Gasteiger partial charge in [-0.15, -0.1) is 0 Å². The zero-order valence-corrected chi connectivity index (χ0v) is 16.7. The van der Waals surface area contributed by atoms with Crippen LogP contribution in [0.15, 0.2) is 82.6 Å². The number of nitrogens with two attached hydrogens (primary N) is 1. The molecule has 0 bridgehead atoms. The maximum atomic E-state index is 12.9. The van der Waals surface area contributed by atoms with Gasteiger partial charge in [-0.3, -0.25) is 0 Å². The normalized spacial score (nSPS) is 13.4. The Hall–Kier alpha value is -2.98. The van der Waals surface area contributed by atoms with Gasteiger partial charge in [0, 0.05) is 5.56 Å². The van der Waals surface area contributed by atoms with E-state index in [-0.39, 0.29) is 16.3 Å². The maximum absolute atomic E-state index is 12.9. The fourth-order valence-electron chi connectivity index (χ4n) is 2.23. The predicted octanol–water partition coefficient (Wildman–Crippen LogP) is 4.28.